The molecule has 56 heavy (non-hydrogen) atoms. The molecule has 4 rings (SSSR count). The third-order valence-electron chi connectivity index (χ3n) is 11.6. The van der Waals surface area contributed by atoms with E-state index < -0.39 is 83.0 Å². The molecule has 0 aliphatic carbocycles. The van der Waals surface area contributed by atoms with Crippen molar-refractivity contribution in [3.8, 4) is 0 Å². The summed E-state index contributed by atoms with van der Waals surface area (Å²) in [7, 11) is 3.67. The van der Waals surface area contributed by atoms with E-state index in [4.69, 9.17) is 23.7 Å². The van der Waals surface area contributed by atoms with Crippen LogP contribution in [0.25, 0.3) is 6.08 Å². The lowest BCUT2D eigenvalue weighted by Gasteiger charge is -2.47. The molecule has 2 bridgehead atoms. The molecule has 3 aliphatic rings. The van der Waals surface area contributed by atoms with Gasteiger partial charge in [0.05, 0.1) is 37.1 Å². The zero-order chi connectivity index (χ0) is 41.7. The van der Waals surface area contributed by atoms with Crippen LogP contribution in [0.1, 0.15) is 87.1 Å². The zero-order valence-corrected chi connectivity index (χ0v) is 34.9. The average Bonchev–Trinajstić information content (AvgIpc) is 3.14. The molecule has 3 saturated heterocycles. The van der Waals surface area contributed by atoms with Crippen molar-refractivity contribution in [1.29, 1.82) is 0 Å². The molecule has 5 unspecified atom stereocenters. The molecule has 1 aromatic carbocycles. The van der Waals surface area contributed by atoms with E-state index in [1.807, 2.05) is 81.4 Å². The molecule has 3 fully saturated rings. The minimum Gasteiger partial charge on any atom is -0.457 e. The number of cyclic esters (lactones) is 1. The predicted octanol–water partition coefficient (Wildman–Crippen LogP) is 5.28. The normalized spacial score (nSPS) is 41.0. The van der Waals surface area contributed by atoms with Crippen molar-refractivity contribution in [3.05, 3.63) is 53.6 Å². The highest BCUT2D eigenvalue weighted by atomic mass is 19.1. The Kier molecular flexibility index (Phi) is 15.1. The number of esters is 1. The number of hydrogen-bond donors (Lipinski definition) is 2. The first kappa shape index (κ1) is 45.5. The van der Waals surface area contributed by atoms with E-state index in [0.717, 1.165) is 12.5 Å². The highest BCUT2D eigenvalue weighted by Gasteiger charge is 2.56. The Morgan fingerprint density at radius 1 is 1.07 bits per heavy atom. The van der Waals surface area contributed by atoms with Crippen LogP contribution in [-0.4, -0.2) is 126 Å². The van der Waals surface area contributed by atoms with Crippen molar-refractivity contribution in [2.75, 3.05) is 27.3 Å². The van der Waals surface area contributed by atoms with E-state index in [9.17, 15) is 24.6 Å². The third-order valence-corrected chi connectivity index (χ3v) is 11.6. The van der Waals surface area contributed by atoms with Gasteiger partial charge in [0, 0.05) is 30.5 Å². The lowest BCUT2D eigenvalue weighted by molar-refractivity contribution is -0.297. The molecule has 3 aliphatic heterocycles. The molecule has 13 atom stereocenters. The Morgan fingerprint density at radius 3 is 2.34 bits per heavy atom. The fourth-order valence-corrected chi connectivity index (χ4v) is 8.53. The van der Waals surface area contributed by atoms with Gasteiger partial charge in [-0.15, -0.1) is 0 Å². The summed E-state index contributed by atoms with van der Waals surface area (Å²) in [6, 6.07) is 9.32. The molecule has 1 aromatic rings. The molecular weight excluding hydrogens is 723 g/mol. The molecular formula is C43H63FN2O10. The molecule has 3 heterocycles. The number of aliphatic hydroxyl groups excluding tert-OH is 1. The van der Waals surface area contributed by atoms with Crippen molar-refractivity contribution >= 4 is 29.4 Å². The number of carbonyl (C=O) groups is 3. The Bertz CT molecular complexity index is 1630. The first-order valence-electron chi connectivity index (χ1n) is 19.7. The molecule has 1 amide bonds. The van der Waals surface area contributed by atoms with Crippen LogP contribution in [0.4, 0.5) is 4.39 Å². The molecule has 0 radical (unpaired) electrons. The summed E-state index contributed by atoms with van der Waals surface area (Å²) >= 11 is 0. The number of ether oxygens (including phenoxy) is 5. The highest BCUT2D eigenvalue weighted by molar-refractivity contribution is 6.08. The van der Waals surface area contributed by atoms with Gasteiger partial charge in [0.1, 0.15) is 17.8 Å². The number of amides is 1. The smallest absolute Gasteiger partial charge is 0.351 e. The minimum absolute atomic E-state index is 0.0391. The number of Topliss-reactive ketones (excluding diaryl/α,β-unsaturated/α-hetero) is 1. The van der Waals surface area contributed by atoms with E-state index in [-0.39, 0.29) is 38.2 Å². The van der Waals surface area contributed by atoms with Crippen LogP contribution in [0.2, 0.25) is 0 Å². The molecule has 312 valence electrons. The highest BCUT2D eigenvalue weighted by Crippen LogP contribution is 2.41. The molecule has 12 nitrogen and oxygen atoms in total. The predicted molar refractivity (Wildman–Crippen MR) is 211 cm³/mol. The maximum Gasteiger partial charge on any atom is 0.351 e. The number of nitrogens with zero attached hydrogens (tertiary/aromatic N) is 2. The van der Waals surface area contributed by atoms with Crippen LogP contribution >= 0.6 is 0 Å². The van der Waals surface area contributed by atoms with Crippen LogP contribution < -0.4 is 0 Å². The number of benzene rings is 1. The van der Waals surface area contributed by atoms with Crippen molar-refractivity contribution in [2.24, 2.45) is 22.7 Å². The van der Waals surface area contributed by atoms with Crippen molar-refractivity contribution in [3.63, 3.8) is 0 Å². The second kappa shape index (κ2) is 18.6. The SMILES string of the molecule is CC[C@H]1OC(=O)[C@@](C)(F)C(=O)[C@H](C)C(O[C@@H]2O[C@H](C)C[C@H](N(C)C)C2O)[C@@]2(C)CC(C)C(=NC(C)=O)C(C)C(OC/C(=C/C=C/c3ccccc3)CO2)[C@]1(C)O. The number of ketones is 1. The third kappa shape index (κ3) is 10.3. The number of carbonyl (C=O) groups excluding carboxylic acids is 3. The van der Waals surface area contributed by atoms with E-state index in [1.54, 1.807) is 20.8 Å². The number of rotatable bonds is 6. The van der Waals surface area contributed by atoms with Crippen LogP contribution in [0.3, 0.4) is 0 Å². The molecule has 0 aromatic heterocycles. The van der Waals surface area contributed by atoms with Crippen LogP contribution in [0, 0.1) is 17.8 Å². The van der Waals surface area contributed by atoms with Gasteiger partial charge in [0.15, 0.2) is 12.1 Å². The number of allylic oxidation sites excluding steroid dienone is 2. The monoisotopic (exact) mass is 786 g/mol. The Labute approximate surface area is 331 Å². The number of halogens is 1. The van der Waals surface area contributed by atoms with E-state index >= 15 is 4.39 Å². The van der Waals surface area contributed by atoms with Crippen molar-refractivity contribution in [1.82, 2.24) is 4.90 Å². The first-order valence-corrected chi connectivity index (χ1v) is 19.7. The van der Waals surface area contributed by atoms with Gasteiger partial charge >= 0.3 is 5.97 Å². The lowest BCUT2D eigenvalue weighted by Crippen LogP contribution is -2.61. The maximum atomic E-state index is 16.8. The topological polar surface area (TPSA) is 153 Å². The molecule has 0 spiro atoms. The van der Waals surface area contributed by atoms with Crippen LogP contribution in [-0.2, 0) is 38.1 Å². The molecule has 2 N–H and O–H groups in total. The van der Waals surface area contributed by atoms with Crippen molar-refractivity contribution in [2.45, 2.75) is 141 Å². The fraction of sp³-hybridized carbons (Fsp3) is 0.674. The fourth-order valence-electron chi connectivity index (χ4n) is 8.53. The Hall–Kier alpha value is -3.17. The van der Waals surface area contributed by atoms with Gasteiger partial charge in [-0.2, -0.15) is 0 Å². The van der Waals surface area contributed by atoms with Gasteiger partial charge in [-0.3, -0.25) is 9.59 Å². The van der Waals surface area contributed by atoms with E-state index in [2.05, 4.69) is 4.99 Å². The summed E-state index contributed by atoms with van der Waals surface area (Å²) < 4.78 is 48.8. The van der Waals surface area contributed by atoms with Gasteiger partial charge in [0.2, 0.25) is 5.91 Å². The number of aliphatic hydroxyl groups is 2. The number of alkyl halides is 1. The molecule has 13 heteroatoms. The summed E-state index contributed by atoms with van der Waals surface area (Å²) in [6.45, 7) is 13.8. The lowest BCUT2D eigenvalue weighted by atomic mass is 9.73. The van der Waals surface area contributed by atoms with Crippen LogP contribution in [0.15, 0.2) is 53.0 Å². The number of fused-ring (bicyclic) bond motifs is 5. The van der Waals surface area contributed by atoms with Gasteiger partial charge in [-0.1, -0.05) is 76.3 Å². The summed E-state index contributed by atoms with van der Waals surface area (Å²) in [5.74, 6) is -5.79. The summed E-state index contributed by atoms with van der Waals surface area (Å²) in [6.07, 6.45) is -0.361. The largest absolute Gasteiger partial charge is 0.457 e. The second-order valence-electron chi connectivity index (χ2n) is 16.7. The maximum absolute atomic E-state index is 16.8. The van der Waals surface area contributed by atoms with E-state index in [0.29, 0.717) is 17.7 Å². The van der Waals surface area contributed by atoms with Gasteiger partial charge < -0.3 is 38.8 Å². The number of hydrogen-bond acceptors (Lipinski definition) is 11. The molecule has 0 saturated carbocycles. The van der Waals surface area contributed by atoms with Gasteiger partial charge in [-0.05, 0) is 78.1 Å². The zero-order valence-electron chi connectivity index (χ0n) is 34.9. The second-order valence-corrected chi connectivity index (χ2v) is 16.7. The summed E-state index contributed by atoms with van der Waals surface area (Å²) in [4.78, 5) is 47.3. The number of likely N-dealkylation sites (N-methyl/N-ethyl adjacent to an activating group) is 1. The Morgan fingerprint density at radius 2 is 1.73 bits per heavy atom. The van der Waals surface area contributed by atoms with E-state index in [1.165, 1.54) is 20.8 Å². The van der Waals surface area contributed by atoms with Crippen LogP contribution in [0.5, 0.6) is 0 Å². The first-order chi connectivity index (χ1) is 26.1. The Balaban J connectivity index is 2.00. The number of aliphatic imine (C=N–C) groups is 1. The minimum atomic E-state index is -3.18. The average molecular weight is 787 g/mol. The standard InChI is InChI=1S/C43H63FN2O10/c1-12-33-43(9,51)38-27(4)34(45-29(6)47)25(2)22-41(7,53-24-31(23-52-38)20-16-19-30-17-14-13-15-18-30)37(28(5)36(49)42(8,44)40(50)55-33)56-39-35(48)32(46(10)11)21-26(3)54-39/h13-20,25-28,32-33,35,37-39,48,51H,12,21-24H2,1-11H3/b19-16+,31-20-,45-34?/t25?,26-,27?,28+,32+,33-,35?,37?,38?,39+,41-,42+,43-/m1/s1. The quantitative estimate of drug-likeness (QED) is 0.286. The van der Waals surface area contributed by atoms with Gasteiger partial charge in [-0.25, -0.2) is 14.2 Å². The van der Waals surface area contributed by atoms with Crippen molar-refractivity contribution < 1.29 is 52.7 Å². The summed E-state index contributed by atoms with van der Waals surface area (Å²) in [5.41, 5.74) is -4.64. The van der Waals surface area contributed by atoms with Gasteiger partial charge in [0.25, 0.3) is 5.67 Å². The summed E-state index contributed by atoms with van der Waals surface area (Å²) in [5, 5.41) is 23.9.